The van der Waals surface area contributed by atoms with Crippen LogP contribution >= 0.6 is 34.8 Å². The number of unbranched alkanes of at least 4 members (excludes halogenated alkanes) is 1. The SMILES string of the molecule is FC(F)(F)Oc1ccc(OCCCCOc2c(Cl)ccc3c(OCC=C(Cl)Cl)cccc23)cc1. The third kappa shape index (κ3) is 8.08. The third-order valence-corrected chi connectivity index (χ3v) is 5.12. The fourth-order valence-corrected chi connectivity index (χ4v) is 3.39. The van der Waals surface area contributed by atoms with Gasteiger partial charge < -0.3 is 18.9 Å². The third-order valence-electron chi connectivity index (χ3n) is 4.51. The molecule has 10 heteroatoms. The molecule has 34 heavy (non-hydrogen) atoms. The van der Waals surface area contributed by atoms with E-state index in [1.54, 1.807) is 12.1 Å². The topological polar surface area (TPSA) is 36.9 Å². The summed E-state index contributed by atoms with van der Waals surface area (Å²) in [5, 5.41) is 2.12. The minimum absolute atomic E-state index is 0.128. The number of fused-ring (bicyclic) bond motifs is 1. The van der Waals surface area contributed by atoms with Crippen LogP contribution in [0.4, 0.5) is 13.2 Å². The van der Waals surface area contributed by atoms with Crippen LogP contribution in [0.15, 0.2) is 65.2 Å². The maximum Gasteiger partial charge on any atom is 0.573 e. The molecule has 0 fully saturated rings. The Kier molecular flexibility index (Phi) is 9.45. The van der Waals surface area contributed by atoms with E-state index in [9.17, 15) is 13.2 Å². The second-order valence-electron chi connectivity index (χ2n) is 6.96. The predicted molar refractivity (Wildman–Crippen MR) is 128 cm³/mol. The second kappa shape index (κ2) is 12.3. The van der Waals surface area contributed by atoms with Crippen molar-refractivity contribution in [3.05, 3.63) is 70.2 Å². The van der Waals surface area contributed by atoms with Gasteiger partial charge in [-0.25, -0.2) is 0 Å². The molecule has 0 aromatic heterocycles. The summed E-state index contributed by atoms with van der Waals surface area (Å²) in [5.74, 6) is 1.35. The first-order valence-corrected chi connectivity index (χ1v) is 11.3. The lowest BCUT2D eigenvalue weighted by atomic mass is 10.1. The van der Waals surface area contributed by atoms with Gasteiger partial charge >= 0.3 is 6.36 Å². The molecule has 4 nitrogen and oxygen atoms in total. The van der Waals surface area contributed by atoms with Crippen molar-refractivity contribution >= 4 is 45.6 Å². The summed E-state index contributed by atoms with van der Waals surface area (Å²) in [7, 11) is 0. The Bertz CT molecular complexity index is 1110. The molecule has 0 saturated heterocycles. The van der Waals surface area contributed by atoms with Crippen molar-refractivity contribution in [1.29, 1.82) is 0 Å². The zero-order valence-electron chi connectivity index (χ0n) is 17.7. The molecule has 0 aliphatic heterocycles. The van der Waals surface area contributed by atoms with Crippen LogP contribution in [-0.2, 0) is 0 Å². The number of halogens is 6. The molecule has 0 spiro atoms. The van der Waals surface area contributed by atoms with Gasteiger partial charge in [-0.15, -0.1) is 13.2 Å². The van der Waals surface area contributed by atoms with Gasteiger partial charge in [0.25, 0.3) is 0 Å². The Morgan fingerprint density at radius 2 is 1.47 bits per heavy atom. The number of hydrogen-bond donors (Lipinski definition) is 0. The maximum absolute atomic E-state index is 12.2. The molecular weight excluding hydrogens is 516 g/mol. The fraction of sp³-hybridized carbons (Fsp3) is 0.250. The molecule has 0 heterocycles. The Morgan fingerprint density at radius 1 is 0.794 bits per heavy atom. The summed E-state index contributed by atoms with van der Waals surface area (Å²) < 4.78 is 57.8. The van der Waals surface area contributed by atoms with Crippen LogP contribution in [0.2, 0.25) is 5.02 Å². The van der Waals surface area contributed by atoms with Crippen LogP contribution in [0.1, 0.15) is 12.8 Å². The summed E-state index contributed by atoms with van der Waals surface area (Å²) in [6.07, 6.45) is -1.83. The zero-order valence-corrected chi connectivity index (χ0v) is 20.0. The molecule has 0 bridgehead atoms. The van der Waals surface area contributed by atoms with E-state index in [0.717, 1.165) is 10.8 Å². The quantitative estimate of drug-likeness (QED) is 0.231. The van der Waals surface area contributed by atoms with E-state index in [2.05, 4.69) is 4.74 Å². The van der Waals surface area contributed by atoms with Gasteiger partial charge in [0.1, 0.15) is 34.1 Å². The van der Waals surface area contributed by atoms with E-state index in [1.165, 1.54) is 24.3 Å². The summed E-state index contributed by atoms with van der Waals surface area (Å²) >= 11 is 17.6. The number of hydrogen-bond acceptors (Lipinski definition) is 4. The molecular formula is C24H20Cl3F3O4. The van der Waals surface area contributed by atoms with E-state index in [-0.39, 0.29) is 16.8 Å². The fourth-order valence-electron chi connectivity index (χ4n) is 3.05. The van der Waals surface area contributed by atoms with Crippen molar-refractivity contribution in [2.75, 3.05) is 19.8 Å². The number of ether oxygens (including phenoxy) is 4. The van der Waals surface area contributed by atoms with E-state index in [1.807, 2.05) is 24.3 Å². The molecule has 0 unspecified atom stereocenters. The molecule has 3 aromatic rings. The Labute approximate surface area is 209 Å². The minimum Gasteiger partial charge on any atom is -0.494 e. The van der Waals surface area contributed by atoms with Gasteiger partial charge in [-0.2, -0.15) is 0 Å². The van der Waals surface area contributed by atoms with E-state index >= 15 is 0 Å². The van der Waals surface area contributed by atoms with Gasteiger partial charge in [-0.1, -0.05) is 46.9 Å². The highest BCUT2D eigenvalue weighted by molar-refractivity contribution is 6.55. The highest BCUT2D eigenvalue weighted by atomic mass is 35.5. The van der Waals surface area contributed by atoms with Gasteiger partial charge in [0.05, 0.1) is 18.2 Å². The molecule has 0 atom stereocenters. The molecule has 0 N–H and O–H groups in total. The Hall–Kier alpha value is -2.48. The van der Waals surface area contributed by atoms with Crippen molar-refractivity contribution in [2.45, 2.75) is 19.2 Å². The lowest BCUT2D eigenvalue weighted by Crippen LogP contribution is -2.16. The summed E-state index contributed by atoms with van der Waals surface area (Å²) in [6.45, 7) is 0.995. The average Bonchev–Trinajstić information content (AvgIpc) is 2.77. The average molecular weight is 536 g/mol. The standard InChI is InChI=1S/C24H20Cl3F3O4/c25-20-11-10-18-19(4-3-5-21(18)32-15-12-22(26)27)23(20)33-14-2-1-13-31-16-6-8-17(9-7-16)34-24(28,29)30/h3-12H,1-2,13-15H2. The summed E-state index contributed by atoms with van der Waals surface area (Å²) in [6, 6.07) is 14.4. The molecule has 182 valence electrons. The van der Waals surface area contributed by atoms with Crippen molar-refractivity contribution in [1.82, 2.24) is 0 Å². The largest absolute Gasteiger partial charge is 0.573 e. The highest BCUT2D eigenvalue weighted by Gasteiger charge is 2.30. The van der Waals surface area contributed by atoms with Crippen LogP contribution in [0, 0.1) is 0 Å². The Balaban J connectivity index is 1.50. The molecule has 0 aliphatic rings. The van der Waals surface area contributed by atoms with Gasteiger partial charge in [-0.3, -0.25) is 0 Å². The van der Waals surface area contributed by atoms with Crippen LogP contribution < -0.4 is 18.9 Å². The summed E-state index contributed by atoms with van der Waals surface area (Å²) in [5.41, 5.74) is 0. The van der Waals surface area contributed by atoms with Gasteiger partial charge in [0.15, 0.2) is 0 Å². The first kappa shape index (κ1) is 26.1. The smallest absolute Gasteiger partial charge is 0.494 e. The summed E-state index contributed by atoms with van der Waals surface area (Å²) in [4.78, 5) is 0. The molecule has 0 aliphatic carbocycles. The number of benzene rings is 3. The van der Waals surface area contributed by atoms with Crippen LogP contribution in [-0.4, -0.2) is 26.2 Å². The van der Waals surface area contributed by atoms with E-state index in [0.29, 0.717) is 48.3 Å². The van der Waals surface area contributed by atoms with Gasteiger partial charge in [0.2, 0.25) is 0 Å². The zero-order chi connectivity index (χ0) is 24.6. The highest BCUT2D eigenvalue weighted by Crippen LogP contribution is 2.37. The van der Waals surface area contributed by atoms with E-state index in [4.69, 9.17) is 49.0 Å². The monoisotopic (exact) mass is 534 g/mol. The van der Waals surface area contributed by atoms with Gasteiger partial charge in [-0.05, 0) is 61.4 Å². The molecule has 0 amide bonds. The first-order valence-electron chi connectivity index (χ1n) is 10.2. The van der Waals surface area contributed by atoms with Crippen molar-refractivity contribution in [3.63, 3.8) is 0 Å². The molecule has 0 saturated carbocycles. The first-order chi connectivity index (χ1) is 16.2. The predicted octanol–water partition coefficient (Wildman–Crippen LogP) is 8.33. The maximum atomic E-state index is 12.2. The minimum atomic E-state index is -4.72. The van der Waals surface area contributed by atoms with Crippen LogP contribution in [0.25, 0.3) is 10.8 Å². The van der Waals surface area contributed by atoms with Crippen LogP contribution in [0.3, 0.4) is 0 Å². The van der Waals surface area contributed by atoms with E-state index < -0.39 is 6.36 Å². The molecule has 3 aromatic carbocycles. The van der Waals surface area contributed by atoms with Crippen molar-refractivity contribution in [3.8, 4) is 23.0 Å². The van der Waals surface area contributed by atoms with Gasteiger partial charge in [0, 0.05) is 10.8 Å². The number of rotatable bonds is 11. The van der Waals surface area contributed by atoms with Crippen LogP contribution in [0.5, 0.6) is 23.0 Å². The second-order valence-corrected chi connectivity index (χ2v) is 8.37. The normalized spacial score (nSPS) is 11.2. The lowest BCUT2D eigenvalue weighted by Gasteiger charge is -2.14. The van der Waals surface area contributed by atoms with Crippen molar-refractivity contribution in [2.24, 2.45) is 0 Å². The van der Waals surface area contributed by atoms with Crippen molar-refractivity contribution < 1.29 is 32.1 Å². The number of alkyl halides is 3. The molecule has 3 rings (SSSR count). The molecule has 0 radical (unpaired) electrons. The Morgan fingerprint density at radius 3 is 2.15 bits per heavy atom. The lowest BCUT2D eigenvalue weighted by molar-refractivity contribution is -0.274.